The van der Waals surface area contributed by atoms with Crippen LogP contribution in [0.3, 0.4) is 0 Å². The Bertz CT molecular complexity index is 537. The number of aldehydes is 1. The van der Waals surface area contributed by atoms with Gasteiger partial charge in [0.25, 0.3) is 0 Å². The van der Waals surface area contributed by atoms with E-state index in [2.05, 4.69) is 4.98 Å². The molecule has 0 spiro atoms. The van der Waals surface area contributed by atoms with Crippen molar-refractivity contribution in [1.29, 1.82) is 0 Å². The maximum Gasteiger partial charge on any atom is 0.153 e. The monoisotopic (exact) mass is 215 g/mol. The topological polar surface area (TPSA) is 30.0 Å². The van der Waals surface area contributed by atoms with Gasteiger partial charge >= 0.3 is 0 Å². The van der Waals surface area contributed by atoms with E-state index < -0.39 is 5.82 Å². The Kier molecular flexibility index (Phi) is 2.77. The Balaban J connectivity index is 2.69. The van der Waals surface area contributed by atoms with Crippen molar-refractivity contribution in [2.45, 2.75) is 6.92 Å². The van der Waals surface area contributed by atoms with Crippen LogP contribution in [-0.2, 0) is 0 Å². The van der Waals surface area contributed by atoms with E-state index in [1.165, 1.54) is 6.07 Å². The maximum atomic E-state index is 13.4. The third-order valence-electron chi connectivity index (χ3n) is 2.50. The van der Waals surface area contributed by atoms with E-state index in [0.717, 1.165) is 11.1 Å². The molecule has 3 heteroatoms. The summed E-state index contributed by atoms with van der Waals surface area (Å²) in [6.45, 7) is 1.90. The quantitative estimate of drug-likeness (QED) is 0.721. The Morgan fingerprint density at radius 2 is 2.06 bits per heavy atom. The molecule has 0 unspecified atom stereocenters. The van der Waals surface area contributed by atoms with Crippen LogP contribution in [0.2, 0.25) is 0 Å². The molecule has 16 heavy (non-hydrogen) atoms. The molecule has 2 rings (SSSR count). The molecule has 2 nitrogen and oxygen atoms in total. The molecule has 0 saturated carbocycles. The minimum absolute atomic E-state index is 0.0820. The van der Waals surface area contributed by atoms with Crippen LogP contribution in [0.15, 0.2) is 36.7 Å². The summed E-state index contributed by atoms with van der Waals surface area (Å²) in [5.41, 5.74) is 2.41. The zero-order valence-corrected chi connectivity index (χ0v) is 8.77. The SMILES string of the molecule is Cc1ccncc1-c1cccc(F)c1C=O. The van der Waals surface area contributed by atoms with Gasteiger partial charge in [-0.3, -0.25) is 9.78 Å². The number of carbonyl (C=O) groups excluding carboxylic acids is 1. The number of nitrogens with zero attached hydrogens (tertiary/aromatic N) is 1. The molecule has 1 aromatic heterocycles. The van der Waals surface area contributed by atoms with Crippen LogP contribution in [0.4, 0.5) is 4.39 Å². The zero-order chi connectivity index (χ0) is 11.5. The third-order valence-corrected chi connectivity index (χ3v) is 2.50. The highest BCUT2D eigenvalue weighted by Crippen LogP contribution is 2.26. The first-order valence-electron chi connectivity index (χ1n) is 4.88. The molecule has 0 N–H and O–H groups in total. The Labute approximate surface area is 92.8 Å². The van der Waals surface area contributed by atoms with Crippen LogP contribution in [0, 0.1) is 12.7 Å². The lowest BCUT2D eigenvalue weighted by Gasteiger charge is -2.07. The van der Waals surface area contributed by atoms with Gasteiger partial charge in [0.1, 0.15) is 5.82 Å². The van der Waals surface area contributed by atoms with Crippen molar-refractivity contribution in [1.82, 2.24) is 4.98 Å². The van der Waals surface area contributed by atoms with Gasteiger partial charge in [-0.05, 0) is 30.2 Å². The molecule has 0 aliphatic heterocycles. The molecular weight excluding hydrogens is 205 g/mol. The van der Waals surface area contributed by atoms with Gasteiger partial charge < -0.3 is 0 Å². The number of rotatable bonds is 2. The summed E-state index contributed by atoms with van der Waals surface area (Å²) in [6.07, 6.45) is 3.84. The fourth-order valence-electron chi connectivity index (χ4n) is 1.64. The first-order chi connectivity index (χ1) is 7.74. The van der Waals surface area contributed by atoms with Gasteiger partial charge in [-0.1, -0.05) is 12.1 Å². The number of hydrogen-bond acceptors (Lipinski definition) is 2. The summed E-state index contributed by atoms with van der Waals surface area (Å²) in [4.78, 5) is 14.9. The van der Waals surface area contributed by atoms with E-state index >= 15 is 0 Å². The number of pyridine rings is 1. The normalized spacial score (nSPS) is 10.1. The van der Waals surface area contributed by atoms with Crippen LogP contribution in [0.5, 0.6) is 0 Å². The van der Waals surface area contributed by atoms with E-state index in [9.17, 15) is 9.18 Å². The number of aromatic nitrogens is 1. The van der Waals surface area contributed by atoms with Gasteiger partial charge in [-0.15, -0.1) is 0 Å². The number of carbonyl (C=O) groups is 1. The van der Waals surface area contributed by atoms with Crippen molar-refractivity contribution in [3.8, 4) is 11.1 Å². The first kappa shape index (κ1) is 10.5. The minimum Gasteiger partial charge on any atom is -0.298 e. The van der Waals surface area contributed by atoms with Gasteiger partial charge in [-0.2, -0.15) is 0 Å². The molecule has 0 fully saturated rings. The van der Waals surface area contributed by atoms with Crippen LogP contribution >= 0.6 is 0 Å². The minimum atomic E-state index is -0.504. The molecule has 0 aliphatic carbocycles. The second kappa shape index (κ2) is 4.23. The maximum absolute atomic E-state index is 13.4. The van der Waals surface area contributed by atoms with Crippen molar-refractivity contribution >= 4 is 6.29 Å². The predicted molar refractivity (Wildman–Crippen MR) is 59.8 cm³/mol. The molecule has 0 radical (unpaired) electrons. The molecule has 0 atom stereocenters. The van der Waals surface area contributed by atoms with E-state index in [1.807, 2.05) is 13.0 Å². The highest BCUT2D eigenvalue weighted by Gasteiger charge is 2.10. The largest absolute Gasteiger partial charge is 0.298 e. The van der Waals surface area contributed by atoms with Crippen LogP contribution in [0.25, 0.3) is 11.1 Å². The number of aryl methyl sites for hydroxylation is 1. The fourth-order valence-corrected chi connectivity index (χ4v) is 1.64. The highest BCUT2D eigenvalue weighted by atomic mass is 19.1. The average Bonchev–Trinajstić information content (AvgIpc) is 2.29. The lowest BCUT2D eigenvalue weighted by Crippen LogP contribution is -1.94. The third kappa shape index (κ3) is 1.72. The van der Waals surface area contributed by atoms with Crippen LogP contribution < -0.4 is 0 Å². The average molecular weight is 215 g/mol. The van der Waals surface area contributed by atoms with Crippen molar-refractivity contribution in [3.05, 3.63) is 53.6 Å². The van der Waals surface area contributed by atoms with Gasteiger partial charge in [0.15, 0.2) is 6.29 Å². The summed E-state index contributed by atoms with van der Waals surface area (Å²) in [5, 5.41) is 0. The summed E-state index contributed by atoms with van der Waals surface area (Å²) in [5.74, 6) is -0.504. The molecule has 0 saturated heterocycles. The van der Waals surface area contributed by atoms with E-state index in [-0.39, 0.29) is 5.56 Å². The Hall–Kier alpha value is -2.03. The predicted octanol–water partition coefficient (Wildman–Crippen LogP) is 3.01. The van der Waals surface area contributed by atoms with Crippen LogP contribution in [0.1, 0.15) is 15.9 Å². The fraction of sp³-hybridized carbons (Fsp3) is 0.0769. The van der Waals surface area contributed by atoms with Gasteiger partial charge in [0, 0.05) is 18.0 Å². The smallest absolute Gasteiger partial charge is 0.153 e. The lowest BCUT2D eigenvalue weighted by molar-refractivity contribution is 0.112. The molecule has 2 aromatic rings. The lowest BCUT2D eigenvalue weighted by atomic mass is 9.98. The summed E-state index contributed by atoms with van der Waals surface area (Å²) >= 11 is 0. The molecule has 0 bridgehead atoms. The number of halogens is 1. The van der Waals surface area contributed by atoms with E-state index in [4.69, 9.17) is 0 Å². The van der Waals surface area contributed by atoms with Crippen molar-refractivity contribution < 1.29 is 9.18 Å². The zero-order valence-electron chi connectivity index (χ0n) is 8.77. The number of hydrogen-bond donors (Lipinski definition) is 0. The van der Waals surface area contributed by atoms with E-state index in [1.54, 1.807) is 24.5 Å². The first-order valence-corrected chi connectivity index (χ1v) is 4.88. The Morgan fingerprint density at radius 3 is 2.75 bits per heavy atom. The van der Waals surface area contributed by atoms with Crippen molar-refractivity contribution in [2.24, 2.45) is 0 Å². The van der Waals surface area contributed by atoms with Crippen molar-refractivity contribution in [3.63, 3.8) is 0 Å². The van der Waals surface area contributed by atoms with Gasteiger partial charge in [0.05, 0.1) is 5.56 Å². The van der Waals surface area contributed by atoms with Crippen molar-refractivity contribution in [2.75, 3.05) is 0 Å². The summed E-state index contributed by atoms with van der Waals surface area (Å²) in [6, 6.07) is 6.41. The number of benzene rings is 1. The van der Waals surface area contributed by atoms with Gasteiger partial charge in [0.2, 0.25) is 0 Å². The molecule has 1 heterocycles. The van der Waals surface area contributed by atoms with E-state index in [0.29, 0.717) is 11.8 Å². The second-order valence-corrected chi connectivity index (χ2v) is 3.51. The van der Waals surface area contributed by atoms with Gasteiger partial charge in [-0.25, -0.2) is 4.39 Å². The molecular formula is C13H10FNO. The standard InChI is InChI=1S/C13H10FNO/c1-9-5-6-15-7-11(9)10-3-2-4-13(14)12(10)8-16/h2-8H,1H3. The molecule has 0 amide bonds. The summed E-state index contributed by atoms with van der Waals surface area (Å²) < 4.78 is 13.4. The molecule has 1 aromatic carbocycles. The molecule has 80 valence electrons. The summed E-state index contributed by atoms with van der Waals surface area (Å²) in [7, 11) is 0. The van der Waals surface area contributed by atoms with Crippen LogP contribution in [-0.4, -0.2) is 11.3 Å². The molecule has 0 aliphatic rings. The highest BCUT2D eigenvalue weighted by molar-refractivity contribution is 5.88. The second-order valence-electron chi connectivity index (χ2n) is 3.51. The Morgan fingerprint density at radius 1 is 1.25 bits per heavy atom.